The van der Waals surface area contributed by atoms with Crippen LogP contribution in [0.2, 0.25) is 0 Å². The van der Waals surface area contributed by atoms with E-state index in [0.29, 0.717) is 5.92 Å². The molecule has 2 atom stereocenters. The third kappa shape index (κ3) is 2.83. The van der Waals surface area contributed by atoms with Crippen molar-refractivity contribution in [2.75, 3.05) is 0 Å². The van der Waals surface area contributed by atoms with Crippen molar-refractivity contribution in [3.8, 4) is 0 Å². The van der Waals surface area contributed by atoms with Crippen LogP contribution in [0, 0.1) is 5.92 Å². The summed E-state index contributed by atoms with van der Waals surface area (Å²) in [5.74, 6) is 0.209. The SMILES string of the molecule is CC1CCCCC1=NC(C)C(N)=O. The largest absolute Gasteiger partial charge is 0.368 e. The summed E-state index contributed by atoms with van der Waals surface area (Å²) >= 11 is 0. The molecule has 3 nitrogen and oxygen atoms in total. The standard InChI is InChI=1S/C10H18N2O/c1-7-5-3-4-6-9(7)12-8(2)10(11)13/h7-8H,3-6H2,1-2H3,(H2,11,13). The fraction of sp³-hybridized carbons (Fsp3) is 0.800. The summed E-state index contributed by atoms with van der Waals surface area (Å²) in [5, 5.41) is 0. The van der Waals surface area contributed by atoms with Crippen LogP contribution in [0.15, 0.2) is 4.99 Å². The summed E-state index contributed by atoms with van der Waals surface area (Å²) in [5.41, 5.74) is 6.33. The van der Waals surface area contributed by atoms with E-state index in [2.05, 4.69) is 11.9 Å². The lowest BCUT2D eigenvalue weighted by Gasteiger charge is -2.21. The molecular formula is C10H18N2O. The lowest BCUT2D eigenvalue weighted by molar-refractivity contribution is -0.118. The summed E-state index contributed by atoms with van der Waals surface area (Å²) in [7, 11) is 0. The Morgan fingerprint density at radius 1 is 1.62 bits per heavy atom. The highest BCUT2D eigenvalue weighted by molar-refractivity contribution is 5.90. The predicted molar refractivity (Wildman–Crippen MR) is 53.7 cm³/mol. The predicted octanol–water partition coefficient (Wildman–Crippen LogP) is 1.51. The van der Waals surface area contributed by atoms with Crippen molar-refractivity contribution in [3.63, 3.8) is 0 Å². The van der Waals surface area contributed by atoms with Gasteiger partial charge in [-0.15, -0.1) is 0 Å². The zero-order chi connectivity index (χ0) is 9.84. The minimum absolute atomic E-state index is 0.328. The number of hydrogen-bond donors (Lipinski definition) is 1. The number of hydrogen-bond acceptors (Lipinski definition) is 2. The van der Waals surface area contributed by atoms with Gasteiger partial charge in [0.25, 0.3) is 0 Å². The molecular weight excluding hydrogens is 164 g/mol. The van der Waals surface area contributed by atoms with Crippen LogP contribution < -0.4 is 5.73 Å². The molecule has 1 rings (SSSR count). The Balaban J connectivity index is 2.62. The van der Waals surface area contributed by atoms with Gasteiger partial charge in [-0.2, -0.15) is 0 Å². The molecule has 0 aromatic rings. The van der Waals surface area contributed by atoms with Gasteiger partial charge >= 0.3 is 0 Å². The molecule has 1 aliphatic rings. The van der Waals surface area contributed by atoms with E-state index in [0.717, 1.165) is 6.42 Å². The van der Waals surface area contributed by atoms with Gasteiger partial charge in [-0.05, 0) is 32.1 Å². The highest BCUT2D eigenvalue weighted by Gasteiger charge is 2.17. The Morgan fingerprint density at radius 2 is 2.31 bits per heavy atom. The first-order chi connectivity index (χ1) is 6.11. The first-order valence-electron chi connectivity index (χ1n) is 4.97. The minimum Gasteiger partial charge on any atom is -0.368 e. The van der Waals surface area contributed by atoms with E-state index < -0.39 is 0 Å². The fourth-order valence-corrected chi connectivity index (χ4v) is 1.67. The number of nitrogens with two attached hydrogens (primary N) is 1. The number of nitrogens with zero attached hydrogens (tertiary/aromatic N) is 1. The smallest absolute Gasteiger partial charge is 0.241 e. The Bertz CT molecular complexity index is 223. The van der Waals surface area contributed by atoms with Gasteiger partial charge in [-0.3, -0.25) is 9.79 Å². The quantitative estimate of drug-likeness (QED) is 0.691. The van der Waals surface area contributed by atoms with Crippen molar-refractivity contribution in [1.29, 1.82) is 0 Å². The summed E-state index contributed by atoms with van der Waals surface area (Å²) in [6.45, 7) is 3.93. The molecule has 0 saturated heterocycles. The fourth-order valence-electron chi connectivity index (χ4n) is 1.67. The number of aliphatic imine (C=N–C) groups is 1. The van der Waals surface area contributed by atoms with Crippen molar-refractivity contribution in [2.45, 2.75) is 45.6 Å². The van der Waals surface area contributed by atoms with Crippen LogP contribution in [0.25, 0.3) is 0 Å². The van der Waals surface area contributed by atoms with Crippen LogP contribution in [-0.4, -0.2) is 17.7 Å². The third-order valence-electron chi connectivity index (χ3n) is 2.66. The second-order valence-corrected chi connectivity index (χ2v) is 3.85. The molecule has 1 saturated carbocycles. The molecule has 0 spiro atoms. The van der Waals surface area contributed by atoms with E-state index in [1.807, 2.05) is 0 Å². The molecule has 2 N–H and O–H groups in total. The monoisotopic (exact) mass is 182 g/mol. The van der Waals surface area contributed by atoms with Crippen molar-refractivity contribution in [2.24, 2.45) is 16.6 Å². The maximum Gasteiger partial charge on any atom is 0.241 e. The number of rotatable bonds is 2. The van der Waals surface area contributed by atoms with Crippen molar-refractivity contribution >= 4 is 11.6 Å². The van der Waals surface area contributed by atoms with E-state index in [4.69, 9.17) is 5.73 Å². The molecule has 0 aromatic heterocycles. The van der Waals surface area contributed by atoms with E-state index >= 15 is 0 Å². The van der Waals surface area contributed by atoms with Crippen LogP contribution in [0.5, 0.6) is 0 Å². The normalized spacial score (nSPS) is 28.8. The highest BCUT2D eigenvalue weighted by Crippen LogP contribution is 2.21. The van der Waals surface area contributed by atoms with Gasteiger partial charge in [0.1, 0.15) is 6.04 Å². The molecule has 1 aliphatic carbocycles. The Morgan fingerprint density at radius 3 is 2.85 bits per heavy atom. The molecule has 0 aliphatic heterocycles. The van der Waals surface area contributed by atoms with Gasteiger partial charge in [0.2, 0.25) is 5.91 Å². The maximum absolute atomic E-state index is 10.8. The van der Waals surface area contributed by atoms with Crippen LogP contribution >= 0.6 is 0 Å². The zero-order valence-electron chi connectivity index (χ0n) is 8.42. The molecule has 0 radical (unpaired) electrons. The van der Waals surface area contributed by atoms with Gasteiger partial charge in [-0.1, -0.05) is 13.3 Å². The first-order valence-corrected chi connectivity index (χ1v) is 4.97. The summed E-state index contributed by atoms with van der Waals surface area (Å²) in [4.78, 5) is 15.2. The van der Waals surface area contributed by atoms with Crippen LogP contribution in [-0.2, 0) is 4.79 Å². The average Bonchev–Trinajstić information content (AvgIpc) is 2.08. The Kier molecular flexibility index (Phi) is 3.46. The number of amides is 1. The van der Waals surface area contributed by atoms with E-state index in [1.165, 1.54) is 25.0 Å². The van der Waals surface area contributed by atoms with E-state index in [9.17, 15) is 4.79 Å². The van der Waals surface area contributed by atoms with Crippen LogP contribution in [0.4, 0.5) is 0 Å². The van der Waals surface area contributed by atoms with Crippen molar-refractivity contribution in [3.05, 3.63) is 0 Å². The van der Waals surface area contributed by atoms with E-state index in [-0.39, 0.29) is 11.9 Å². The van der Waals surface area contributed by atoms with Gasteiger partial charge in [-0.25, -0.2) is 0 Å². The molecule has 74 valence electrons. The number of primary amides is 1. The zero-order valence-corrected chi connectivity index (χ0v) is 8.42. The first kappa shape index (κ1) is 10.2. The second kappa shape index (κ2) is 4.40. The topological polar surface area (TPSA) is 55.4 Å². The molecule has 0 heterocycles. The van der Waals surface area contributed by atoms with Gasteiger partial charge in [0.15, 0.2) is 0 Å². The molecule has 0 aromatic carbocycles. The van der Waals surface area contributed by atoms with Crippen molar-refractivity contribution in [1.82, 2.24) is 0 Å². The average molecular weight is 182 g/mol. The Hall–Kier alpha value is -0.860. The molecule has 13 heavy (non-hydrogen) atoms. The van der Waals surface area contributed by atoms with E-state index in [1.54, 1.807) is 6.92 Å². The molecule has 1 amide bonds. The summed E-state index contributed by atoms with van der Waals surface area (Å²) < 4.78 is 0. The third-order valence-corrected chi connectivity index (χ3v) is 2.66. The lowest BCUT2D eigenvalue weighted by atomic mass is 9.88. The van der Waals surface area contributed by atoms with Gasteiger partial charge < -0.3 is 5.73 Å². The molecule has 3 heteroatoms. The second-order valence-electron chi connectivity index (χ2n) is 3.85. The lowest BCUT2D eigenvalue weighted by Crippen LogP contribution is -2.27. The highest BCUT2D eigenvalue weighted by atomic mass is 16.1. The number of carbonyl (C=O) groups excluding carboxylic acids is 1. The molecule has 2 unspecified atom stereocenters. The Labute approximate surface area is 79.4 Å². The maximum atomic E-state index is 10.8. The van der Waals surface area contributed by atoms with Crippen LogP contribution in [0.1, 0.15) is 39.5 Å². The molecule has 1 fully saturated rings. The van der Waals surface area contributed by atoms with Crippen molar-refractivity contribution < 1.29 is 4.79 Å². The summed E-state index contributed by atoms with van der Waals surface area (Å²) in [6.07, 6.45) is 4.73. The van der Waals surface area contributed by atoms with Crippen LogP contribution in [0.3, 0.4) is 0 Å². The summed E-state index contributed by atoms with van der Waals surface area (Å²) in [6, 6.07) is -0.351. The minimum atomic E-state index is -0.351. The van der Waals surface area contributed by atoms with Gasteiger partial charge in [0.05, 0.1) is 0 Å². The van der Waals surface area contributed by atoms with Gasteiger partial charge in [0, 0.05) is 5.71 Å². The molecule has 0 bridgehead atoms. The number of carbonyl (C=O) groups is 1.